The Morgan fingerprint density at radius 3 is 2.62 bits per heavy atom. The van der Waals surface area contributed by atoms with Crippen LogP contribution in [-0.4, -0.2) is 12.1 Å². The molecule has 0 aromatic heterocycles. The Morgan fingerprint density at radius 1 is 0.952 bits per heavy atom. The molecule has 2 fully saturated rings. The van der Waals surface area contributed by atoms with Crippen molar-refractivity contribution < 1.29 is 4.74 Å². The molecular weight excluding hydrogens is 258 g/mol. The zero-order chi connectivity index (χ0) is 14.1. The minimum Gasteiger partial charge on any atom is -0.490 e. The van der Waals surface area contributed by atoms with Gasteiger partial charge in [0.05, 0.1) is 6.10 Å². The summed E-state index contributed by atoms with van der Waals surface area (Å²) in [5.74, 6) is 1.000. The van der Waals surface area contributed by atoms with Crippen molar-refractivity contribution in [3.05, 3.63) is 54.1 Å². The number of hydrogen-bond donors (Lipinski definition) is 1. The first kappa shape index (κ1) is 12.9. The molecule has 0 atom stereocenters. The van der Waals surface area contributed by atoms with Gasteiger partial charge in [-0.05, 0) is 54.5 Å². The van der Waals surface area contributed by atoms with Crippen molar-refractivity contribution in [2.75, 3.05) is 0 Å². The number of rotatable bonds is 6. The van der Waals surface area contributed by atoms with Crippen LogP contribution in [-0.2, 0) is 6.54 Å². The quantitative estimate of drug-likeness (QED) is 0.857. The highest BCUT2D eigenvalue weighted by molar-refractivity contribution is 5.68. The lowest BCUT2D eigenvalue weighted by Gasteiger charge is -2.12. The van der Waals surface area contributed by atoms with E-state index in [-0.39, 0.29) is 0 Å². The molecule has 0 saturated heterocycles. The summed E-state index contributed by atoms with van der Waals surface area (Å²) in [4.78, 5) is 0. The van der Waals surface area contributed by atoms with Gasteiger partial charge >= 0.3 is 0 Å². The molecule has 0 aliphatic heterocycles. The molecule has 0 heterocycles. The minimum atomic E-state index is 0.451. The van der Waals surface area contributed by atoms with Crippen LogP contribution in [0.4, 0.5) is 0 Å². The highest BCUT2D eigenvalue weighted by Crippen LogP contribution is 2.31. The molecule has 0 radical (unpaired) electrons. The average Bonchev–Trinajstić information content (AvgIpc) is 3.41. The second-order valence-corrected chi connectivity index (χ2v) is 6.16. The van der Waals surface area contributed by atoms with Gasteiger partial charge in [-0.25, -0.2) is 0 Å². The van der Waals surface area contributed by atoms with Gasteiger partial charge in [-0.15, -0.1) is 0 Å². The minimum absolute atomic E-state index is 0.451. The third-order valence-electron chi connectivity index (χ3n) is 4.15. The molecule has 4 rings (SSSR count). The second-order valence-electron chi connectivity index (χ2n) is 6.16. The Kier molecular flexibility index (Phi) is 3.40. The van der Waals surface area contributed by atoms with E-state index in [1.807, 2.05) is 0 Å². The molecule has 2 aromatic carbocycles. The van der Waals surface area contributed by atoms with Gasteiger partial charge < -0.3 is 10.1 Å². The van der Waals surface area contributed by atoms with Crippen LogP contribution < -0.4 is 10.1 Å². The molecule has 108 valence electrons. The molecule has 2 aliphatic carbocycles. The van der Waals surface area contributed by atoms with Crippen LogP contribution in [0.15, 0.2) is 48.5 Å². The Balaban J connectivity index is 1.58. The molecule has 0 spiro atoms. The van der Waals surface area contributed by atoms with Gasteiger partial charge in [0.15, 0.2) is 0 Å². The molecule has 0 bridgehead atoms. The van der Waals surface area contributed by atoms with Crippen molar-refractivity contribution in [3.63, 3.8) is 0 Å². The lowest BCUT2D eigenvalue weighted by atomic mass is 9.99. The van der Waals surface area contributed by atoms with E-state index in [0.29, 0.717) is 6.10 Å². The fraction of sp³-hybridized carbons (Fsp3) is 0.368. The van der Waals surface area contributed by atoms with Crippen LogP contribution in [0.2, 0.25) is 0 Å². The maximum atomic E-state index is 5.92. The van der Waals surface area contributed by atoms with E-state index in [2.05, 4.69) is 53.8 Å². The Labute approximate surface area is 126 Å². The van der Waals surface area contributed by atoms with Crippen LogP contribution >= 0.6 is 0 Å². The number of benzene rings is 2. The highest BCUT2D eigenvalue weighted by atomic mass is 16.5. The normalized spacial score (nSPS) is 17.7. The van der Waals surface area contributed by atoms with E-state index in [1.165, 1.54) is 42.4 Å². The first-order valence-corrected chi connectivity index (χ1v) is 7.97. The van der Waals surface area contributed by atoms with Crippen molar-refractivity contribution in [1.29, 1.82) is 0 Å². The molecule has 2 aliphatic rings. The van der Waals surface area contributed by atoms with Crippen molar-refractivity contribution in [2.45, 2.75) is 44.4 Å². The number of nitrogens with one attached hydrogen (secondary N) is 1. The molecule has 2 aromatic rings. The third-order valence-corrected chi connectivity index (χ3v) is 4.15. The summed E-state index contributed by atoms with van der Waals surface area (Å²) in [6.45, 7) is 0.953. The Bertz CT molecular complexity index is 629. The molecule has 2 nitrogen and oxygen atoms in total. The van der Waals surface area contributed by atoms with E-state index in [1.54, 1.807) is 0 Å². The summed E-state index contributed by atoms with van der Waals surface area (Å²) >= 11 is 0. The largest absolute Gasteiger partial charge is 0.490 e. The van der Waals surface area contributed by atoms with Crippen molar-refractivity contribution in [2.24, 2.45) is 0 Å². The fourth-order valence-electron chi connectivity index (χ4n) is 2.61. The van der Waals surface area contributed by atoms with Gasteiger partial charge in [-0.3, -0.25) is 0 Å². The molecule has 0 unspecified atom stereocenters. The van der Waals surface area contributed by atoms with Gasteiger partial charge in [-0.1, -0.05) is 36.4 Å². The summed E-state index contributed by atoms with van der Waals surface area (Å²) in [5, 5.41) is 3.61. The maximum absolute atomic E-state index is 5.92. The van der Waals surface area contributed by atoms with Gasteiger partial charge in [-0.2, -0.15) is 0 Å². The van der Waals surface area contributed by atoms with Crippen LogP contribution in [0.25, 0.3) is 11.1 Å². The van der Waals surface area contributed by atoms with E-state index in [0.717, 1.165) is 18.3 Å². The zero-order valence-corrected chi connectivity index (χ0v) is 12.2. The van der Waals surface area contributed by atoms with Crippen LogP contribution in [0.5, 0.6) is 5.75 Å². The van der Waals surface area contributed by atoms with Crippen LogP contribution in [0.3, 0.4) is 0 Å². The number of ether oxygens (including phenoxy) is 1. The van der Waals surface area contributed by atoms with E-state index < -0.39 is 0 Å². The average molecular weight is 279 g/mol. The van der Waals surface area contributed by atoms with E-state index in [4.69, 9.17) is 4.74 Å². The highest BCUT2D eigenvalue weighted by Gasteiger charge is 2.23. The first-order chi connectivity index (χ1) is 10.4. The van der Waals surface area contributed by atoms with Gasteiger partial charge in [0.25, 0.3) is 0 Å². The summed E-state index contributed by atoms with van der Waals surface area (Å²) in [7, 11) is 0. The van der Waals surface area contributed by atoms with Crippen molar-refractivity contribution in [3.8, 4) is 16.9 Å². The van der Waals surface area contributed by atoms with Crippen LogP contribution in [0.1, 0.15) is 31.2 Å². The number of hydrogen-bond acceptors (Lipinski definition) is 2. The summed E-state index contributed by atoms with van der Waals surface area (Å²) in [6.07, 6.45) is 5.50. The van der Waals surface area contributed by atoms with Crippen molar-refractivity contribution >= 4 is 0 Å². The topological polar surface area (TPSA) is 21.3 Å². The van der Waals surface area contributed by atoms with E-state index in [9.17, 15) is 0 Å². The molecule has 2 heteroatoms. The SMILES string of the molecule is c1cc(OC2CC2)cc(-c2ccccc2CNC2CC2)c1. The van der Waals surface area contributed by atoms with Crippen LogP contribution in [0, 0.1) is 0 Å². The lowest BCUT2D eigenvalue weighted by Crippen LogP contribution is -2.15. The standard InChI is InChI=1S/C19H21NO/c1-2-7-19(15(4-1)13-20-16-8-9-16)14-5-3-6-18(12-14)21-17-10-11-17/h1-7,12,16-17,20H,8-11,13H2. The van der Waals surface area contributed by atoms with Gasteiger partial charge in [0.2, 0.25) is 0 Å². The zero-order valence-electron chi connectivity index (χ0n) is 12.2. The monoisotopic (exact) mass is 279 g/mol. The molecule has 0 amide bonds. The summed E-state index contributed by atoms with van der Waals surface area (Å²) in [5.41, 5.74) is 3.93. The lowest BCUT2D eigenvalue weighted by molar-refractivity contribution is 0.303. The first-order valence-electron chi connectivity index (χ1n) is 7.97. The summed E-state index contributed by atoms with van der Waals surface area (Å²) in [6, 6.07) is 17.9. The smallest absolute Gasteiger partial charge is 0.120 e. The summed E-state index contributed by atoms with van der Waals surface area (Å²) < 4.78 is 5.92. The van der Waals surface area contributed by atoms with Gasteiger partial charge in [0.1, 0.15) is 5.75 Å². The predicted molar refractivity (Wildman–Crippen MR) is 85.4 cm³/mol. The maximum Gasteiger partial charge on any atom is 0.120 e. The predicted octanol–water partition coefficient (Wildman–Crippen LogP) is 4.15. The Hall–Kier alpha value is -1.80. The van der Waals surface area contributed by atoms with Crippen molar-refractivity contribution in [1.82, 2.24) is 5.32 Å². The fourth-order valence-corrected chi connectivity index (χ4v) is 2.61. The molecule has 21 heavy (non-hydrogen) atoms. The van der Waals surface area contributed by atoms with Gasteiger partial charge in [0, 0.05) is 12.6 Å². The Morgan fingerprint density at radius 2 is 1.81 bits per heavy atom. The molecular formula is C19H21NO. The van der Waals surface area contributed by atoms with E-state index >= 15 is 0 Å². The second kappa shape index (κ2) is 5.53. The third kappa shape index (κ3) is 3.27. The molecule has 1 N–H and O–H groups in total. The molecule has 2 saturated carbocycles.